The first-order valence-corrected chi connectivity index (χ1v) is 6.87. The van der Waals surface area contributed by atoms with Gasteiger partial charge in [-0.1, -0.05) is 6.92 Å². The lowest BCUT2D eigenvalue weighted by Crippen LogP contribution is -2.46. The molecular formula is C9H19NO3S. The first-order valence-electron chi connectivity index (χ1n) is 5.04. The molecule has 1 rings (SSSR count). The van der Waals surface area contributed by atoms with E-state index < -0.39 is 9.84 Å². The minimum Gasteiger partial charge on any atom is -0.381 e. The molecule has 0 amide bonds. The summed E-state index contributed by atoms with van der Waals surface area (Å²) < 4.78 is 27.8. The predicted octanol–water partition coefficient (Wildman–Crippen LogP) is 0.319. The Morgan fingerprint density at radius 2 is 1.93 bits per heavy atom. The van der Waals surface area contributed by atoms with Gasteiger partial charge in [0, 0.05) is 24.5 Å². The Morgan fingerprint density at radius 3 is 2.43 bits per heavy atom. The van der Waals surface area contributed by atoms with Gasteiger partial charge in [-0.05, 0) is 19.3 Å². The highest BCUT2D eigenvalue weighted by molar-refractivity contribution is 7.91. The van der Waals surface area contributed by atoms with Gasteiger partial charge in [0.2, 0.25) is 0 Å². The van der Waals surface area contributed by atoms with Gasteiger partial charge in [-0.25, -0.2) is 8.42 Å². The van der Waals surface area contributed by atoms with E-state index in [0.717, 1.165) is 12.8 Å². The molecule has 0 radical (unpaired) electrons. The molecule has 5 heteroatoms. The van der Waals surface area contributed by atoms with Crippen molar-refractivity contribution < 1.29 is 13.2 Å². The molecule has 14 heavy (non-hydrogen) atoms. The van der Waals surface area contributed by atoms with Gasteiger partial charge in [-0.3, -0.25) is 0 Å². The number of hydrogen-bond donors (Lipinski definition) is 1. The van der Waals surface area contributed by atoms with Gasteiger partial charge in [-0.15, -0.1) is 0 Å². The fourth-order valence-electron chi connectivity index (χ4n) is 1.53. The van der Waals surface area contributed by atoms with Crippen LogP contribution in [0.5, 0.6) is 0 Å². The molecule has 4 nitrogen and oxygen atoms in total. The van der Waals surface area contributed by atoms with Gasteiger partial charge >= 0.3 is 0 Å². The van der Waals surface area contributed by atoms with Crippen LogP contribution in [0, 0.1) is 0 Å². The van der Waals surface area contributed by atoms with Crippen molar-refractivity contribution in [3.63, 3.8) is 0 Å². The molecule has 0 atom stereocenters. The van der Waals surface area contributed by atoms with Crippen LogP contribution in [0.1, 0.15) is 26.2 Å². The average Bonchev–Trinajstić information content (AvgIpc) is 2.17. The largest absolute Gasteiger partial charge is 0.381 e. The summed E-state index contributed by atoms with van der Waals surface area (Å²) in [5, 5.41) is 0. The Morgan fingerprint density at radius 1 is 1.36 bits per heavy atom. The van der Waals surface area contributed by atoms with Crippen molar-refractivity contribution in [3.05, 3.63) is 0 Å². The molecule has 1 heterocycles. The van der Waals surface area contributed by atoms with Gasteiger partial charge in [0.05, 0.1) is 5.75 Å². The van der Waals surface area contributed by atoms with Crippen LogP contribution >= 0.6 is 0 Å². The van der Waals surface area contributed by atoms with E-state index in [4.69, 9.17) is 10.5 Å². The second kappa shape index (κ2) is 4.59. The van der Waals surface area contributed by atoms with Crippen molar-refractivity contribution in [3.8, 4) is 0 Å². The molecule has 1 fully saturated rings. The maximum absolute atomic E-state index is 11.3. The van der Waals surface area contributed by atoms with Crippen molar-refractivity contribution in [2.75, 3.05) is 24.7 Å². The minimum absolute atomic E-state index is 0.208. The number of ether oxygens (including phenoxy) is 1. The first kappa shape index (κ1) is 11.9. The van der Waals surface area contributed by atoms with Crippen molar-refractivity contribution in [1.82, 2.24) is 0 Å². The van der Waals surface area contributed by atoms with Crippen LogP contribution in [0.2, 0.25) is 0 Å². The molecule has 1 saturated heterocycles. The van der Waals surface area contributed by atoms with Crippen LogP contribution in [-0.4, -0.2) is 38.7 Å². The summed E-state index contributed by atoms with van der Waals surface area (Å²) in [6, 6.07) is 0. The topological polar surface area (TPSA) is 69.4 Å². The summed E-state index contributed by atoms with van der Waals surface area (Å²) in [6.45, 7) is 2.98. The van der Waals surface area contributed by atoms with Gasteiger partial charge in [0.15, 0.2) is 0 Å². The summed E-state index contributed by atoms with van der Waals surface area (Å²) in [5.74, 6) is 0.416. The molecular weight excluding hydrogens is 202 g/mol. The van der Waals surface area contributed by atoms with Crippen LogP contribution in [0.4, 0.5) is 0 Å². The highest BCUT2D eigenvalue weighted by atomic mass is 32.2. The fraction of sp³-hybridized carbons (Fsp3) is 1.00. The lowest BCUT2D eigenvalue weighted by Gasteiger charge is -2.33. The molecule has 1 aliphatic heterocycles. The highest BCUT2D eigenvalue weighted by Gasteiger charge is 2.29. The van der Waals surface area contributed by atoms with E-state index in [1.54, 1.807) is 6.92 Å². The van der Waals surface area contributed by atoms with Crippen molar-refractivity contribution >= 4 is 9.84 Å². The van der Waals surface area contributed by atoms with E-state index in [9.17, 15) is 8.42 Å². The normalized spacial score (nSPS) is 22.1. The van der Waals surface area contributed by atoms with Crippen LogP contribution < -0.4 is 5.73 Å². The zero-order chi connectivity index (χ0) is 10.7. The van der Waals surface area contributed by atoms with E-state index >= 15 is 0 Å². The van der Waals surface area contributed by atoms with Crippen LogP contribution in [0.15, 0.2) is 0 Å². The Balaban J connectivity index is 2.43. The van der Waals surface area contributed by atoms with Crippen LogP contribution in [-0.2, 0) is 14.6 Å². The van der Waals surface area contributed by atoms with Gasteiger partial charge < -0.3 is 10.5 Å². The third-order valence-corrected chi connectivity index (χ3v) is 4.55. The van der Waals surface area contributed by atoms with Gasteiger partial charge in [-0.2, -0.15) is 0 Å². The second-order valence-corrected chi connectivity index (χ2v) is 6.43. The van der Waals surface area contributed by atoms with Crippen LogP contribution in [0.25, 0.3) is 0 Å². The van der Waals surface area contributed by atoms with Crippen molar-refractivity contribution in [2.24, 2.45) is 5.73 Å². The molecule has 2 N–H and O–H groups in total. The minimum atomic E-state index is -2.88. The number of nitrogens with two attached hydrogens (primary N) is 1. The Bertz CT molecular complexity index is 268. The quantitative estimate of drug-likeness (QED) is 0.742. The maximum Gasteiger partial charge on any atom is 0.150 e. The highest BCUT2D eigenvalue weighted by Crippen LogP contribution is 2.22. The van der Waals surface area contributed by atoms with Crippen molar-refractivity contribution in [2.45, 2.75) is 31.7 Å². The van der Waals surface area contributed by atoms with Crippen molar-refractivity contribution in [1.29, 1.82) is 0 Å². The van der Waals surface area contributed by atoms with Gasteiger partial charge in [0.1, 0.15) is 9.84 Å². The fourth-order valence-corrected chi connectivity index (χ4v) is 2.54. The van der Waals surface area contributed by atoms with E-state index in [1.165, 1.54) is 0 Å². The summed E-state index contributed by atoms with van der Waals surface area (Å²) in [7, 11) is -2.88. The standard InChI is InChI=1S/C9H19NO3S/c1-2-14(11,12)8-5-9(10)3-6-13-7-4-9/h2-8,10H2,1H3. The molecule has 0 spiro atoms. The molecule has 0 aliphatic carbocycles. The summed E-state index contributed by atoms with van der Waals surface area (Å²) >= 11 is 0. The molecule has 0 aromatic carbocycles. The van der Waals surface area contributed by atoms with E-state index in [2.05, 4.69) is 0 Å². The molecule has 1 aliphatic rings. The SMILES string of the molecule is CCS(=O)(=O)CCC1(N)CCOCC1. The molecule has 0 saturated carbocycles. The van der Waals surface area contributed by atoms with E-state index in [0.29, 0.717) is 19.6 Å². The first-order chi connectivity index (χ1) is 6.47. The smallest absolute Gasteiger partial charge is 0.150 e. The monoisotopic (exact) mass is 221 g/mol. The molecule has 84 valence electrons. The number of rotatable bonds is 4. The molecule has 0 unspecified atom stereocenters. The Kier molecular flexibility index (Phi) is 3.92. The summed E-state index contributed by atoms with van der Waals surface area (Å²) in [5.41, 5.74) is 5.76. The number of sulfone groups is 1. The maximum atomic E-state index is 11.3. The van der Waals surface area contributed by atoms with E-state index in [-0.39, 0.29) is 17.0 Å². The third kappa shape index (κ3) is 3.55. The molecule has 0 bridgehead atoms. The lowest BCUT2D eigenvalue weighted by atomic mass is 9.89. The Hall–Kier alpha value is -0.130. The summed E-state index contributed by atoms with van der Waals surface area (Å²) in [4.78, 5) is 0. The number of hydrogen-bond acceptors (Lipinski definition) is 4. The molecule has 0 aromatic heterocycles. The Labute approximate surface area is 85.7 Å². The van der Waals surface area contributed by atoms with Crippen LogP contribution in [0.3, 0.4) is 0 Å². The second-order valence-electron chi connectivity index (χ2n) is 3.96. The summed E-state index contributed by atoms with van der Waals surface area (Å²) in [6.07, 6.45) is 2.10. The zero-order valence-corrected chi connectivity index (χ0v) is 9.48. The predicted molar refractivity (Wildman–Crippen MR) is 55.9 cm³/mol. The van der Waals surface area contributed by atoms with E-state index in [1.807, 2.05) is 0 Å². The third-order valence-electron chi connectivity index (χ3n) is 2.84. The molecule has 0 aromatic rings. The average molecular weight is 221 g/mol. The van der Waals surface area contributed by atoms with Gasteiger partial charge in [0.25, 0.3) is 0 Å². The lowest BCUT2D eigenvalue weighted by molar-refractivity contribution is 0.0522. The zero-order valence-electron chi connectivity index (χ0n) is 8.66.